The van der Waals surface area contributed by atoms with Crippen molar-refractivity contribution in [3.8, 4) is 0 Å². The van der Waals surface area contributed by atoms with E-state index in [1.54, 1.807) is 4.90 Å². The van der Waals surface area contributed by atoms with Crippen molar-refractivity contribution in [2.45, 2.75) is 19.6 Å². The summed E-state index contributed by atoms with van der Waals surface area (Å²) in [6.45, 7) is 1.46. The lowest BCUT2D eigenvalue weighted by molar-refractivity contribution is 0.0917. The maximum atomic E-state index is 12.2. The molecule has 0 atom stereocenters. The highest BCUT2D eigenvalue weighted by Gasteiger charge is 2.24. The van der Waals surface area contributed by atoms with Gasteiger partial charge in [-0.2, -0.15) is 0 Å². The molecule has 5 nitrogen and oxygen atoms in total. The summed E-state index contributed by atoms with van der Waals surface area (Å²) in [5.74, 6) is 0. The van der Waals surface area contributed by atoms with Crippen LogP contribution in [0.2, 0.25) is 0 Å². The summed E-state index contributed by atoms with van der Waals surface area (Å²) in [5, 5.41) is 0. The van der Waals surface area contributed by atoms with Gasteiger partial charge in [-0.05, 0) is 5.56 Å². The highest BCUT2D eigenvalue weighted by Crippen LogP contribution is 2.15. The molecule has 110 valence electrons. The zero-order valence-corrected chi connectivity index (χ0v) is 12.9. The van der Waals surface area contributed by atoms with Crippen LogP contribution in [0.3, 0.4) is 0 Å². The molecular formula is C15H17B2N3O2. The summed E-state index contributed by atoms with van der Waals surface area (Å²) in [6.07, 6.45) is 0.467. The molecule has 0 radical (unpaired) electrons. The first-order valence-electron chi connectivity index (χ1n) is 7.42. The molecule has 3 rings (SSSR count). The first kappa shape index (κ1) is 14.6. The van der Waals surface area contributed by atoms with Crippen LogP contribution in [0, 0.1) is 0 Å². The Morgan fingerprint density at radius 3 is 2.77 bits per heavy atom. The molecule has 0 saturated heterocycles. The number of hydrogen-bond donors (Lipinski definition) is 0. The number of nitrogens with zero attached hydrogens (tertiary/aromatic N) is 3. The summed E-state index contributed by atoms with van der Waals surface area (Å²) < 4.78 is 5.39. The molecule has 0 N–H and O–H groups in total. The van der Waals surface area contributed by atoms with Crippen molar-refractivity contribution < 1.29 is 9.53 Å². The van der Waals surface area contributed by atoms with Gasteiger partial charge in [0, 0.05) is 29.8 Å². The van der Waals surface area contributed by atoms with E-state index in [1.165, 1.54) is 0 Å². The van der Waals surface area contributed by atoms with E-state index in [9.17, 15) is 4.79 Å². The molecule has 7 heteroatoms. The van der Waals surface area contributed by atoms with Crippen LogP contribution in [0.5, 0.6) is 0 Å². The average Bonchev–Trinajstić information content (AvgIpc) is 2.53. The van der Waals surface area contributed by atoms with Crippen molar-refractivity contribution in [2.75, 3.05) is 6.54 Å². The largest absolute Gasteiger partial charge is 0.445 e. The van der Waals surface area contributed by atoms with Gasteiger partial charge >= 0.3 is 6.09 Å². The van der Waals surface area contributed by atoms with Crippen LogP contribution >= 0.6 is 0 Å². The molecule has 0 saturated carbocycles. The van der Waals surface area contributed by atoms with Gasteiger partial charge in [0.1, 0.15) is 6.61 Å². The number of carbonyl (C=O) groups excluding carboxylic acids is 1. The quantitative estimate of drug-likeness (QED) is 0.645. The smallest absolute Gasteiger partial charge is 0.410 e. The van der Waals surface area contributed by atoms with Crippen molar-refractivity contribution in [3.05, 3.63) is 47.2 Å². The summed E-state index contributed by atoms with van der Waals surface area (Å²) in [4.78, 5) is 22.8. The van der Waals surface area contributed by atoms with Gasteiger partial charge in [0.05, 0.1) is 12.3 Å². The Morgan fingerprint density at radius 1 is 1.23 bits per heavy atom. The summed E-state index contributed by atoms with van der Waals surface area (Å²) >= 11 is 0. The second kappa shape index (κ2) is 6.22. The predicted octanol–water partition coefficient (Wildman–Crippen LogP) is -1.31. The minimum atomic E-state index is -0.283. The van der Waals surface area contributed by atoms with E-state index < -0.39 is 0 Å². The van der Waals surface area contributed by atoms with E-state index in [1.807, 2.05) is 46.0 Å². The van der Waals surface area contributed by atoms with E-state index >= 15 is 0 Å². The van der Waals surface area contributed by atoms with Crippen LogP contribution in [0.15, 0.2) is 30.3 Å². The Morgan fingerprint density at radius 2 is 2.00 bits per heavy atom. The Hall–Kier alpha value is -2.30. The standard InChI is InChI=1S/C15H17B2N3O2/c16-13-11-8-20(7-6-12(11)18-14(17)19-13)15(21)22-9-10-4-2-1-3-5-10/h1-5H,6-9,16-17H2. The van der Waals surface area contributed by atoms with E-state index in [2.05, 4.69) is 9.97 Å². The Labute approximate surface area is 131 Å². The second-order valence-electron chi connectivity index (χ2n) is 5.49. The number of rotatable bonds is 2. The average molecular weight is 293 g/mol. The maximum Gasteiger partial charge on any atom is 0.410 e. The first-order chi connectivity index (χ1) is 10.6. The zero-order valence-electron chi connectivity index (χ0n) is 12.9. The predicted molar refractivity (Wildman–Crippen MR) is 89.1 cm³/mol. The molecular weight excluding hydrogens is 276 g/mol. The number of aromatic nitrogens is 2. The van der Waals surface area contributed by atoms with Crippen molar-refractivity contribution in [1.82, 2.24) is 14.9 Å². The third-order valence-electron chi connectivity index (χ3n) is 3.84. The number of fused-ring (bicyclic) bond motifs is 1. The number of ether oxygens (including phenoxy) is 1. The van der Waals surface area contributed by atoms with E-state index in [-0.39, 0.29) is 6.09 Å². The SMILES string of the molecule is Bc1nc(B)c2c(n1)CCN(C(=O)OCc1ccccc1)C2. The second-order valence-corrected chi connectivity index (χ2v) is 5.49. The molecule has 0 spiro atoms. The number of carbonyl (C=O) groups is 1. The molecule has 1 aliphatic heterocycles. The molecule has 0 fully saturated rings. The van der Waals surface area contributed by atoms with Crippen molar-refractivity contribution in [3.63, 3.8) is 0 Å². The third-order valence-corrected chi connectivity index (χ3v) is 3.84. The van der Waals surface area contributed by atoms with Crippen molar-refractivity contribution in [2.24, 2.45) is 0 Å². The molecule has 0 aliphatic carbocycles. The molecule has 1 aromatic carbocycles. The summed E-state index contributed by atoms with van der Waals surface area (Å²) in [7, 11) is 3.86. The number of hydrogen-bond acceptors (Lipinski definition) is 4. The maximum absolute atomic E-state index is 12.2. The third kappa shape index (κ3) is 3.13. The van der Waals surface area contributed by atoms with Gasteiger partial charge < -0.3 is 9.64 Å². The van der Waals surface area contributed by atoms with Gasteiger partial charge in [-0.1, -0.05) is 30.3 Å². The fourth-order valence-electron chi connectivity index (χ4n) is 2.70. The zero-order chi connectivity index (χ0) is 15.5. The first-order valence-corrected chi connectivity index (χ1v) is 7.42. The van der Waals surface area contributed by atoms with Crippen LogP contribution in [-0.2, 0) is 24.3 Å². The van der Waals surface area contributed by atoms with E-state index in [0.29, 0.717) is 19.7 Å². The Kier molecular flexibility index (Phi) is 4.13. The highest BCUT2D eigenvalue weighted by molar-refractivity contribution is 6.34. The molecule has 0 bridgehead atoms. The normalized spacial score (nSPS) is 13.5. The molecule has 1 aromatic heterocycles. The van der Waals surface area contributed by atoms with Crippen LogP contribution in [-0.4, -0.2) is 43.2 Å². The van der Waals surface area contributed by atoms with Crippen LogP contribution in [0.25, 0.3) is 0 Å². The molecule has 1 aliphatic rings. The molecule has 1 amide bonds. The Bertz CT molecular complexity index is 695. The lowest BCUT2D eigenvalue weighted by Gasteiger charge is -2.28. The van der Waals surface area contributed by atoms with Crippen molar-refractivity contribution >= 4 is 33.1 Å². The monoisotopic (exact) mass is 293 g/mol. The van der Waals surface area contributed by atoms with Gasteiger partial charge in [-0.3, -0.25) is 4.98 Å². The van der Waals surface area contributed by atoms with Crippen LogP contribution in [0.4, 0.5) is 4.79 Å². The summed E-state index contributed by atoms with van der Waals surface area (Å²) in [5.41, 5.74) is 4.83. The van der Waals surface area contributed by atoms with Crippen LogP contribution in [0.1, 0.15) is 16.8 Å². The van der Waals surface area contributed by atoms with Gasteiger partial charge in [-0.15, -0.1) is 0 Å². The topological polar surface area (TPSA) is 55.3 Å². The van der Waals surface area contributed by atoms with Gasteiger partial charge in [-0.25, -0.2) is 9.78 Å². The van der Waals surface area contributed by atoms with Gasteiger partial charge in [0.2, 0.25) is 0 Å². The van der Waals surface area contributed by atoms with E-state index in [0.717, 1.165) is 34.6 Å². The fraction of sp³-hybridized carbons (Fsp3) is 0.267. The van der Waals surface area contributed by atoms with Crippen LogP contribution < -0.4 is 11.3 Å². The highest BCUT2D eigenvalue weighted by atomic mass is 16.6. The Balaban J connectivity index is 1.65. The lowest BCUT2D eigenvalue weighted by atomic mass is 9.91. The minimum Gasteiger partial charge on any atom is -0.445 e. The van der Waals surface area contributed by atoms with E-state index in [4.69, 9.17) is 4.74 Å². The molecule has 2 aromatic rings. The van der Waals surface area contributed by atoms with Gasteiger partial charge in [0.15, 0.2) is 15.7 Å². The molecule has 22 heavy (non-hydrogen) atoms. The lowest BCUT2D eigenvalue weighted by Crippen LogP contribution is -2.42. The molecule has 2 heterocycles. The van der Waals surface area contributed by atoms with Crippen molar-refractivity contribution in [1.29, 1.82) is 0 Å². The summed E-state index contributed by atoms with van der Waals surface area (Å²) in [6, 6.07) is 9.70. The number of benzene rings is 1. The number of amides is 1. The fourth-order valence-corrected chi connectivity index (χ4v) is 2.70. The van der Waals surface area contributed by atoms with Gasteiger partial charge in [0.25, 0.3) is 0 Å². The minimum absolute atomic E-state index is 0.283. The molecule has 0 unspecified atom stereocenters.